The molecular weight excluding hydrogens is 465 g/mol. The maximum absolute atomic E-state index is 12.2. The Morgan fingerprint density at radius 3 is 2.47 bits per heavy atom. The summed E-state index contributed by atoms with van der Waals surface area (Å²) in [6, 6.07) is 12.5. The molecule has 0 spiro atoms. The zero-order valence-electron chi connectivity index (χ0n) is 16.2. The van der Waals surface area contributed by atoms with Crippen LogP contribution >= 0.6 is 46.6 Å². The van der Waals surface area contributed by atoms with E-state index in [9.17, 15) is 4.79 Å². The van der Waals surface area contributed by atoms with E-state index in [4.69, 9.17) is 34.8 Å². The number of halogens is 3. The van der Waals surface area contributed by atoms with Gasteiger partial charge in [0.2, 0.25) is 0 Å². The summed E-state index contributed by atoms with van der Waals surface area (Å²) >= 11 is 19.3. The predicted octanol–water partition coefficient (Wildman–Crippen LogP) is 5.56. The number of hydrogen-bond donors (Lipinski definition) is 1. The van der Waals surface area contributed by atoms with Crippen molar-refractivity contribution in [2.24, 2.45) is 5.10 Å². The maximum atomic E-state index is 12.2. The number of nitrogens with zero attached hydrogens (tertiary/aromatic N) is 4. The summed E-state index contributed by atoms with van der Waals surface area (Å²) in [6.07, 6.45) is 0. The first-order valence-corrected chi connectivity index (χ1v) is 11.1. The molecule has 10 heteroatoms. The quantitative estimate of drug-likeness (QED) is 0.272. The summed E-state index contributed by atoms with van der Waals surface area (Å²) in [7, 11) is 0. The van der Waals surface area contributed by atoms with Crippen molar-refractivity contribution in [3.63, 3.8) is 0 Å². The maximum Gasteiger partial charge on any atom is 0.250 e. The molecule has 6 nitrogen and oxygen atoms in total. The molecule has 0 bridgehead atoms. The van der Waals surface area contributed by atoms with Gasteiger partial charge in [-0.25, -0.2) is 5.43 Å². The number of hydrazone groups is 1. The summed E-state index contributed by atoms with van der Waals surface area (Å²) in [5.41, 5.74) is 4.73. The molecule has 0 saturated heterocycles. The molecule has 1 heterocycles. The SMILES string of the molecule is CCn1c(SCC(=O)N/N=C(/C)c2ccc(Cl)cc2Cl)nnc1-c1ccc(Cl)cc1. The van der Waals surface area contributed by atoms with Gasteiger partial charge in [-0.15, -0.1) is 10.2 Å². The van der Waals surface area contributed by atoms with E-state index in [0.29, 0.717) is 38.0 Å². The first kappa shape index (κ1) is 22.6. The van der Waals surface area contributed by atoms with Crippen molar-refractivity contribution in [2.45, 2.75) is 25.5 Å². The number of hydrogen-bond acceptors (Lipinski definition) is 5. The van der Waals surface area contributed by atoms with Gasteiger partial charge in [0, 0.05) is 27.7 Å². The summed E-state index contributed by atoms with van der Waals surface area (Å²) in [5.74, 6) is 0.607. The number of carbonyl (C=O) groups is 1. The molecule has 0 aliphatic heterocycles. The second kappa shape index (κ2) is 10.3. The number of nitrogens with one attached hydrogen (secondary N) is 1. The Kier molecular flexibility index (Phi) is 7.77. The van der Waals surface area contributed by atoms with Gasteiger partial charge in [-0.1, -0.05) is 52.6 Å². The van der Waals surface area contributed by atoms with Crippen molar-refractivity contribution < 1.29 is 4.79 Å². The van der Waals surface area contributed by atoms with Gasteiger partial charge in [-0.3, -0.25) is 4.79 Å². The molecule has 0 radical (unpaired) electrons. The third kappa shape index (κ3) is 5.55. The Balaban J connectivity index is 1.64. The van der Waals surface area contributed by atoms with Crippen LogP contribution in [0.15, 0.2) is 52.7 Å². The highest BCUT2D eigenvalue weighted by Crippen LogP contribution is 2.25. The van der Waals surface area contributed by atoms with Crippen LogP contribution in [0.2, 0.25) is 15.1 Å². The van der Waals surface area contributed by atoms with E-state index in [1.807, 2.05) is 23.6 Å². The third-order valence-electron chi connectivity index (χ3n) is 4.14. The lowest BCUT2D eigenvalue weighted by atomic mass is 10.1. The highest BCUT2D eigenvalue weighted by atomic mass is 35.5. The summed E-state index contributed by atoms with van der Waals surface area (Å²) in [4.78, 5) is 12.2. The molecule has 0 unspecified atom stereocenters. The number of carbonyl (C=O) groups excluding carboxylic acids is 1. The molecule has 30 heavy (non-hydrogen) atoms. The molecule has 0 fully saturated rings. The lowest BCUT2D eigenvalue weighted by Gasteiger charge is -2.07. The zero-order valence-corrected chi connectivity index (χ0v) is 19.3. The highest BCUT2D eigenvalue weighted by molar-refractivity contribution is 7.99. The van der Waals surface area contributed by atoms with Crippen LogP contribution in [-0.4, -0.2) is 32.1 Å². The van der Waals surface area contributed by atoms with Gasteiger partial charge >= 0.3 is 0 Å². The molecule has 3 rings (SSSR count). The van der Waals surface area contributed by atoms with E-state index in [0.717, 1.165) is 11.4 Å². The van der Waals surface area contributed by atoms with Gasteiger partial charge in [0.05, 0.1) is 16.5 Å². The van der Waals surface area contributed by atoms with Crippen LogP contribution in [0, 0.1) is 0 Å². The molecular formula is C20H18Cl3N5OS. The highest BCUT2D eigenvalue weighted by Gasteiger charge is 2.14. The van der Waals surface area contributed by atoms with Gasteiger partial charge in [0.25, 0.3) is 5.91 Å². The minimum Gasteiger partial charge on any atom is -0.302 e. The number of amides is 1. The molecule has 0 aliphatic carbocycles. The lowest BCUT2D eigenvalue weighted by Crippen LogP contribution is -2.21. The van der Waals surface area contributed by atoms with Gasteiger partial charge in [-0.05, 0) is 50.2 Å². The molecule has 0 atom stereocenters. The van der Waals surface area contributed by atoms with E-state index in [2.05, 4.69) is 20.7 Å². The normalized spacial score (nSPS) is 11.6. The Labute approximate surface area is 193 Å². The second-order valence-corrected chi connectivity index (χ2v) is 8.42. The minimum atomic E-state index is -0.261. The molecule has 1 aromatic heterocycles. The molecule has 1 amide bonds. The summed E-state index contributed by atoms with van der Waals surface area (Å²) < 4.78 is 1.95. The fourth-order valence-corrected chi connectivity index (χ4v) is 4.11. The number of aromatic nitrogens is 3. The van der Waals surface area contributed by atoms with Gasteiger partial charge in [0.1, 0.15) is 0 Å². The minimum absolute atomic E-state index is 0.143. The number of thioether (sulfide) groups is 1. The molecule has 156 valence electrons. The van der Waals surface area contributed by atoms with Crippen LogP contribution in [0.4, 0.5) is 0 Å². The average molecular weight is 483 g/mol. The predicted molar refractivity (Wildman–Crippen MR) is 124 cm³/mol. The van der Waals surface area contributed by atoms with Crippen LogP contribution in [-0.2, 0) is 11.3 Å². The van der Waals surface area contributed by atoms with Gasteiger partial charge in [-0.2, -0.15) is 5.10 Å². The van der Waals surface area contributed by atoms with Crippen molar-refractivity contribution in [1.29, 1.82) is 0 Å². The van der Waals surface area contributed by atoms with Crippen molar-refractivity contribution in [3.05, 3.63) is 63.1 Å². The average Bonchev–Trinajstić information content (AvgIpc) is 3.14. The van der Waals surface area contributed by atoms with Crippen molar-refractivity contribution >= 4 is 58.2 Å². The smallest absolute Gasteiger partial charge is 0.250 e. The molecule has 1 N–H and O–H groups in total. The van der Waals surface area contributed by atoms with Crippen molar-refractivity contribution in [3.8, 4) is 11.4 Å². The van der Waals surface area contributed by atoms with Gasteiger partial charge < -0.3 is 4.57 Å². The van der Waals surface area contributed by atoms with Crippen molar-refractivity contribution in [1.82, 2.24) is 20.2 Å². The number of rotatable bonds is 7. The first-order chi connectivity index (χ1) is 14.4. The van der Waals surface area contributed by atoms with Crippen LogP contribution in [0.5, 0.6) is 0 Å². The molecule has 2 aromatic carbocycles. The van der Waals surface area contributed by atoms with E-state index in [1.54, 1.807) is 37.3 Å². The fraction of sp³-hybridized carbons (Fsp3) is 0.200. The largest absolute Gasteiger partial charge is 0.302 e. The van der Waals surface area contributed by atoms with E-state index in [1.165, 1.54) is 11.8 Å². The summed E-state index contributed by atoms with van der Waals surface area (Å²) in [5, 5.41) is 14.9. The third-order valence-corrected chi connectivity index (χ3v) is 5.90. The Morgan fingerprint density at radius 2 is 1.80 bits per heavy atom. The lowest BCUT2D eigenvalue weighted by molar-refractivity contribution is -0.118. The van der Waals surface area contributed by atoms with E-state index < -0.39 is 0 Å². The van der Waals surface area contributed by atoms with Crippen molar-refractivity contribution in [2.75, 3.05) is 5.75 Å². The Hall–Kier alpha value is -2.06. The monoisotopic (exact) mass is 481 g/mol. The summed E-state index contributed by atoms with van der Waals surface area (Å²) in [6.45, 7) is 4.42. The Morgan fingerprint density at radius 1 is 1.10 bits per heavy atom. The standard InChI is InChI=1S/C20H18Cl3N5OS/c1-3-28-19(13-4-6-14(21)7-5-13)26-27-20(28)30-11-18(29)25-24-12(2)16-9-8-15(22)10-17(16)23/h4-10H,3,11H2,1-2H3,(H,25,29)/b24-12-. The number of benzene rings is 2. The van der Waals surface area contributed by atoms with E-state index >= 15 is 0 Å². The molecule has 0 aliphatic rings. The van der Waals surface area contributed by atoms with Crippen LogP contribution in [0.25, 0.3) is 11.4 Å². The second-order valence-electron chi connectivity index (χ2n) is 6.20. The zero-order chi connectivity index (χ0) is 21.7. The van der Waals surface area contributed by atoms with Crippen LogP contribution < -0.4 is 5.43 Å². The van der Waals surface area contributed by atoms with Crippen LogP contribution in [0.1, 0.15) is 19.4 Å². The van der Waals surface area contributed by atoms with E-state index in [-0.39, 0.29) is 11.7 Å². The fourth-order valence-electron chi connectivity index (χ4n) is 2.64. The van der Waals surface area contributed by atoms with Gasteiger partial charge in [0.15, 0.2) is 11.0 Å². The first-order valence-electron chi connectivity index (χ1n) is 8.99. The van der Waals surface area contributed by atoms with Crippen LogP contribution in [0.3, 0.4) is 0 Å². The topological polar surface area (TPSA) is 72.2 Å². The molecule has 0 saturated carbocycles. The molecule has 3 aromatic rings. The Bertz CT molecular complexity index is 1080.